The molecule has 0 bridgehead atoms. The maximum Gasteiger partial charge on any atom is 0.0578 e. The number of aliphatic hydroxyl groups excluding tert-OH is 1. The van der Waals surface area contributed by atoms with Crippen LogP contribution in [-0.4, -0.2) is 23.9 Å². The smallest absolute Gasteiger partial charge is 0.0578 e. The van der Waals surface area contributed by atoms with Gasteiger partial charge in [-0.3, -0.25) is 0 Å². The van der Waals surface area contributed by atoms with Crippen molar-refractivity contribution in [2.45, 2.75) is 76.9 Å². The summed E-state index contributed by atoms with van der Waals surface area (Å²) in [5.41, 5.74) is 0. The van der Waals surface area contributed by atoms with E-state index in [1.807, 2.05) is 0 Å². The molecule has 0 aromatic heterocycles. The molecule has 1 saturated carbocycles. The summed E-state index contributed by atoms with van der Waals surface area (Å²) < 4.78 is 5.81. The molecule has 100 valence electrons. The minimum absolute atomic E-state index is 0.0615. The fourth-order valence-electron chi connectivity index (χ4n) is 3.60. The van der Waals surface area contributed by atoms with Gasteiger partial charge in [0.2, 0.25) is 0 Å². The zero-order valence-corrected chi connectivity index (χ0v) is 11.2. The Balaban J connectivity index is 1.80. The summed E-state index contributed by atoms with van der Waals surface area (Å²) in [5.74, 6) is 1.36. The summed E-state index contributed by atoms with van der Waals surface area (Å²) in [6.07, 6.45) is 11.3. The lowest BCUT2D eigenvalue weighted by Gasteiger charge is -2.36. The van der Waals surface area contributed by atoms with Crippen LogP contribution < -0.4 is 0 Å². The second kappa shape index (κ2) is 6.75. The summed E-state index contributed by atoms with van der Waals surface area (Å²) in [7, 11) is 0. The summed E-state index contributed by atoms with van der Waals surface area (Å²) in [6, 6.07) is 0. The van der Waals surface area contributed by atoms with Crippen LogP contribution in [-0.2, 0) is 4.74 Å². The molecule has 2 nitrogen and oxygen atoms in total. The van der Waals surface area contributed by atoms with Gasteiger partial charge in [-0.15, -0.1) is 0 Å². The fourth-order valence-corrected chi connectivity index (χ4v) is 3.60. The van der Waals surface area contributed by atoms with Crippen LogP contribution in [0.4, 0.5) is 0 Å². The van der Waals surface area contributed by atoms with Gasteiger partial charge in [0, 0.05) is 6.61 Å². The van der Waals surface area contributed by atoms with Gasteiger partial charge in [0.25, 0.3) is 0 Å². The maximum atomic E-state index is 10.1. The molecule has 1 N–H and O–H groups in total. The molecule has 4 atom stereocenters. The first-order valence-electron chi connectivity index (χ1n) is 7.59. The molecule has 0 aromatic carbocycles. The molecule has 1 aliphatic carbocycles. The van der Waals surface area contributed by atoms with E-state index in [4.69, 9.17) is 4.74 Å². The Bertz CT molecular complexity index is 211. The van der Waals surface area contributed by atoms with Gasteiger partial charge in [-0.25, -0.2) is 0 Å². The highest BCUT2D eigenvalue weighted by molar-refractivity contribution is 4.82. The van der Waals surface area contributed by atoms with Crippen LogP contribution in [0.25, 0.3) is 0 Å². The lowest BCUT2D eigenvalue weighted by Crippen LogP contribution is -2.33. The first-order chi connectivity index (χ1) is 8.29. The molecular weight excluding hydrogens is 212 g/mol. The summed E-state index contributed by atoms with van der Waals surface area (Å²) in [4.78, 5) is 0. The molecule has 0 spiro atoms. The quantitative estimate of drug-likeness (QED) is 0.814. The third-order valence-corrected chi connectivity index (χ3v) is 4.59. The van der Waals surface area contributed by atoms with E-state index >= 15 is 0 Å². The van der Waals surface area contributed by atoms with Crippen molar-refractivity contribution in [3.05, 3.63) is 0 Å². The average Bonchev–Trinajstić information content (AvgIpc) is 2.35. The van der Waals surface area contributed by atoms with E-state index in [1.165, 1.54) is 44.9 Å². The lowest BCUT2D eigenvalue weighted by atomic mass is 9.75. The second-order valence-corrected chi connectivity index (χ2v) is 6.02. The van der Waals surface area contributed by atoms with E-state index in [2.05, 4.69) is 6.92 Å². The number of aliphatic hydroxyl groups is 1. The summed E-state index contributed by atoms with van der Waals surface area (Å²) in [5, 5.41) is 10.1. The van der Waals surface area contributed by atoms with Gasteiger partial charge in [0.05, 0.1) is 12.2 Å². The molecule has 2 heteroatoms. The first-order valence-corrected chi connectivity index (χ1v) is 7.59. The van der Waals surface area contributed by atoms with E-state index in [9.17, 15) is 5.11 Å². The summed E-state index contributed by atoms with van der Waals surface area (Å²) in [6.45, 7) is 3.20. The third kappa shape index (κ3) is 3.96. The maximum absolute atomic E-state index is 10.1. The Morgan fingerprint density at radius 3 is 2.76 bits per heavy atom. The zero-order chi connectivity index (χ0) is 12.1. The van der Waals surface area contributed by atoms with Crippen molar-refractivity contribution in [2.75, 3.05) is 6.61 Å². The summed E-state index contributed by atoms with van der Waals surface area (Å²) >= 11 is 0. The topological polar surface area (TPSA) is 29.5 Å². The normalized spacial score (nSPS) is 39.2. The average molecular weight is 240 g/mol. The standard InChI is InChI=1S/C15H28O2/c1-2-5-12-7-8-15(16)13(10-12)11-14-6-3-4-9-17-14/h12-16H,2-11H2,1H3. The largest absolute Gasteiger partial charge is 0.393 e. The van der Waals surface area contributed by atoms with Crippen LogP contribution in [0.3, 0.4) is 0 Å². The van der Waals surface area contributed by atoms with Crippen molar-refractivity contribution in [1.82, 2.24) is 0 Å². The van der Waals surface area contributed by atoms with Gasteiger partial charge in [0.15, 0.2) is 0 Å². The SMILES string of the molecule is CCCC1CCC(O)C(CC2CCCCO2)C1. The lowest BCUT2D eigenvalue weighted by molar-refractivity contribution is -0.0321. The van der Waals surface area contributed by atoms with E-state index in [0.29, 0.717) is 12.0 Å². The molecule has 1 aliphatic heterocycles. The number of ether oxygens (including phenoxy) is 1. The first kappa shape index (κ1) is 13.4. The number of rotatable bonds is 4. The molecule has 2 fully saturated rings. The van der Waals surface area contributed by atoms with E-state index in [1.54, 1.807) is 0 Å². The van der Waals surface area contributed by atoms with Crippen molar-refractivity contribution >= 4 is 0 Å². The minimum atomic E-state index is -0.0615. The van der Waals surface area contributed by atoms with Crippen molar-refractivity contribution < 1.29 is 9.84 Å². The van der Waals surface area contributed by atoms with Crippen LogP contribution >= 0.6 is 0 Å². The van der Waals surface area contributed by atoms with Crippen molar-refractivity contribution in [2.24, 2.45) is 11.8 Å². The highest BCUT2D eigenvalue weighted by Gasteiger charge is 2.31. The minimum Gasteiger partial charge on any atom is -0.393 e. The highest BCUT2D eigenvalue weighted by Crippen LogP contribution is 2.36. The van der Waals surface area contributed by atoms with Crippen molar-refractivity contribution in [1.29, 1.82) is 0 Å². The Morgan fingerprint density at radius 1 is 1.18 bits per heavy atom. The van der Waals surface area contributed by atoms with Crippen LogP contribution in [0.5, 0.6) is 0 Å². The predicted octanol–water partition coefficient (Wildman–Crippen LogP) is 3.52. The van der Waals surface area contributed by atoms with Gasteiger partial charge >= 0.3 is 0 Å². The predicted molar refractivity (Wildman–Crippen MR) is 70.0 cm³/mol. The van der Waals surface area contributed by atoms with Crippen molar-refractivity contribution in [3.8, 4) is 0 Å². The Hall–Kier alpha value is -0.0800. The molecule has 2 rings (SSSR count). The molecule has 0 amide bonds. The fraction of sp³-hybridized carbons (Fsp3) is 1.00. The van der Waals surface area contributed by atoms with Gasteiger partial charge in [-0.1, -0.05) is 19.8 Å². The second-order valence-electron chi connectivity index (χ2n) is 6.02. The zero-order valence-electron chi connectivity index (χ0n) is 11.2. The van der Waals surface area contributed by atoms with Crippen LogP contribution in [0, 0.1) is 11.8 Å². The van der Waals surface area contributed by atoms with E-state index in [-0.39, 0.29) is 6.10 Å². The van der Waals surface area contributed by atoms with Gasteiger partial charge < -0.3 is 9.84 Å². The third-order valence-electron chi connectivity index (χ3n) is 4.59. The van der Waals surface area contributed by atoms with E-state index < -0.39 is 0 Å². The molecular formula is C15H28O2. The Labute approximate surface area is 106 Å². The molecule has 1 saturated heterocycles. The molecule has 17 heavy (non-hydrogen) atoms. The molecule has 0 radical (unpaired) electrons. The highest BCUT2D eigenvalue weighted by atomic mass is 16.5. The number of hydrogen-bond acceptors (Lipinski definition) is 2. The Morgan fingerprint density at radius 2 is 2.06 bits per heavy atom. The number of hydrogen-bond donors (Lipinski definition) is 1. The molecule has 1 heterocycles. The molecule has 0 aromatic rings. The van der Waals surface area contributed by atoms with Gasteiger partial charge in [-0.2, -0.15) is 0 Å². The molecule has 4 unspecified atom stereocenters. The van der Waals surface area contributed by atoms with Crippen molar-refractivity contribution in [3.63, 3.8) is 0 Å². The van der Waals surface area contributed by atoms with Crippen LogP contribution in [0.2, 0.25) is 0 Å². The van der Waals surface area contributed by atoms with Gasteiger partial charge in [-0.05, 0) is 56.8 Å². The van der Waals surface area contributed by atoms with Gasteiger partial charge in [0.1, 0.15) is 0 Å². The van der Waals surface area contributed by atoms with Crippen LogP contribution in [0.15, 0.2) is 0 Å². The van der Waals surface area contributed by atoms with E-state index in [0.717, 1.165) is 25.4 Å². The monoisotopic (exact) mass is 240 g/mol. The van der Waals surface area contributed by atoms with Crippen LogP contribution in [0.1, 0.15) is 64.7 Å². The Kier molecular flexibility index (Phi) is 5.30. The molecule has 2 aliphatic rings.